The second-order valence-electron chi connectivity index (χ2n) is 3.11. The molecule has 0 saturated carbocycles. The maximum absolute atomic E-state index is 5.61. The molecule has 0 nitrogen and oxygen atoms in total. The summed E-state index contributed by atoms with van der Waals surface area (Å²) in [6, 6.07) is 5.13. The van der Waals surface area contributed by atoms with Crippen molar-refractivity contribution in [2.75, 3.05) is 0 Å². The van der Waals surface area contributed by atoms with Crippen molar-refractivity contribution in [1.82, 2.24) is 0 Å². The molecule has 1 aromatic carbocycles. The van der Waals surface area contributed by atoms with Crippen LogP contribution in [0.15, 0.2) is 39.8 Å². The van der Waals surface area contributed by atoms with Gasteiger partial charge in [0, 0.05) is 0 Å². The van der Waals surface area contributed by atoms with Crippen molar-refractivity contribution < 1.29 is 22.9 Å². The molecule has 0 amide bonds. The summed E-state index contributed by atoms with van der Waals surface area (Å²) in [5, 5.41) is 1.40. The standard InChI is InChI=1S/C6H3Cl3.C5H5.CH3.Hf/c7-4-2-1-3-5(8)6(4)9;1-2-4-5-3-1;;/h1-3H;1-3H,4H2;1H3;. The van der Waals surface area contributed by atoms with Crippen LogP contribution >= 0.6 is 34.8 Å². The van der Waals surface area contributed by atoms with E-state index >= 15 is 0 Å². The number of hydrogen-bond donors (Lipinski definition) is 0. The molecule has 1 aliphatic rings. The van der Waals surface area contributed by atoms with Crippen LogP contribution in [-0.2, 0) is 22.9 Å². The van der Waals surface area contributed by atoms with Crippen LogP contribution in [0.1, 0.15) is 6.42 Å². The molecule has 84 valence electrons. The predicted octanol–water partition coefficient (Wildman–Crippen LogP) is 5.61. The van der Waals surface area contributed by atoms with Crippen molar-refractivity contribution in [3.63, 3.8) is 0 Å². The summed E-state index contributed by atoms with van der Waals surface area (Å²) in [5.74, 6) is 0. The first-order valence-electron chi connectivity index (χ1n) is 4.78. The van der Waals surface area contributed by atoms with Crippen LogP contribution in [0.2, 0.25) is 19.7 Å². The third-order valence-corrected chi connectivity index (χ3v) is 6.87. The third kappa shape index (κ3) is 4.75. The van der Waals surface area contributed by atoms with Gasteiger partial charge in [-0.05, 0) is 12.1 Å². The molecule has 0 fully saturated rings. The molecule has 0 radical (unpaired) electrons. The molecule has 16 heavy (non-hydrogen) atoms. The number of rotatable bonds is 1. The first kappa shape index (κ1) is 14.5. The quantitative estimate of drug-likeness (QED) is 0.394. The zero-order valence-corrected chi connectivity index (χ0v) is 14.7. The molecule has 4 heteroatoms. The average molecular weight is 440 g/mol. The number of hydrogen-bond acceptors (Lipinski definition) is 0. The van der Waals surface area contributed by atoms with Crippen LogP contribution in [0, 0.1) is 0 Å². The SMILES string of the molecule is Clc1cccc(Cl)c1Cl.[CH3][Hf][C]1=CC=CC1. The Balaban J connectivity index is 0.000000165. The first-order valence-corrected chi connectivity index (χ1v) is 11.3. The number of benzene rings is 1. The molecule has 1 aromatic rings. The van der Waals surface area contributed by atoms with Gasteiger partial charge in [0.1, 0.15) is 0 Å². The van der Waals surface area contributed by atoms with Gasteiger partial charge < -0.3 is 0 Å². The third-order valence-electron chi connectivity index (χ3n) is 2.00. The molecule has 0 N–H and O–H groups in total. The predicted molar refractivity (Wildman–Crippen MR) is 69.2 cm³/mol. The summed E-state index contributed by atoms with van der Waals surface area (Å²) in [6.07, 6.45) is 7.97. The Morgan fingerprint density at radius 3 is 2.06 bits per heavy atom. The maximum atomic E-state index is 5.61. The van der Waals surface area contributed by atoms with E-state index in [1.54, 1.807) is 21.5 Å². The fourth-order valence-electron chi connectivity index (χ4n) is 1.11. The van der Waals surface area contributed by atoms with E-state index in [1.165, 1.54) is 6.42 Å². The Morgan fingerprint density at radius 1 is 1.12 bits per heavy atom. The summed E-state index contributed by atoms with van der Waals surface area (Å²) < 4.78 is 4.14. The Bertz CT molecular complexity index is 390. The number of allylic oxidation sites excluding steroid dienone is 4. The van der Waals surface area contributed by atoms with Gasteiger partial charge in [-0.2, -0.15) is 0 Å². The molecule has 0 spiro atoms. The molecular formula is C12H11Cl3Hf. The fourth-order valence-corrected chi connectivity index (χ4v) is 3.73. The minimum atomic E-state index is -0.221. The summed E-state index contributed by atoms with van der Waals surface area (Å²) in [6.45, 7) is 0. The van der Waals surface area contributed by atoms with E-state index in [9.17, 15) is 0 Å². The van der Waals surface area contributed by atoms with Gasteiger partial charge in [0.25, 0.3) is 0 Å². The van der Waals surface area contributed by atoms with Gasteiger partial charge in [0.05, 0.1) is 15.1 Å². The van der Waals surface area contributed by atoms with Gasteiger partial charge in [0.15, 0.2) is 0 Å². The average Bonchev–Trinajstić information content (AvgIpc) is 2.79. The van der Waals surface area contributed by atoms with Gasteiger partial charge in [0.2, 0.25) is 0 Å². The molecule has 0 aliphatic heterocycles. The molecule has 0 unspecified atom stereocenters. The number of halogens is 3. The monoisotopic (exact) mass is 440 g/mol. The molecule has 0 saturated heterocycles. The van der Waals surface area contributed by atoms with E-state index < -0.39 is 0 Å². The Morgan fingerprint density at radius 2 is 1.75 bits per heavy atom. The molecule has 0 atom stereocenters. The summed E-state index contributed by atoms with van der Waals surface area (Å²) in [4.78, 5) is 0. The van der Waals surface area contributed by atoms with Crippen LogP contribution in [0.5, 0.6) is 0 Å². The zero-order chi connectivity index (χ0) is 12.0. The molecular weight excluding hydrogens is 429 g/mol. The van der Waals surface area contributed by atoms with Crippen molar-refractivity contribution in [2.45, 2.75) is 11.1 Å². The second kappa shape index (κ2) is 7.71. The van der Waals surface area contributed by atoms with E-state index in [2.05, 4.69) is 22.9 Å². The summed E-state index contributed by atoms with van der Waals surface area (Å²) in [7, 11) is 0. The minimum absolute atomic E-state index is 0.221. The Labute approximate surface area is 123 Å². The van der Waals surface area contributed by atoms with Crippen LogP contribution in [0.25, 0.3) is 0 Å². The van der Waals surface area contributed by atoms with E-state index in [0.717, 1.165) is 0 Å². The van der Waals surface area contributed by atoms with E-state index in [-0.39, 0.29) is 22.9 Å². The van der Waals surface area contributed by atoms with Crippen molar-refractivity contribution >= 4 is 34.8 Å². The second-order valence-corrected chi connectivity index (χ2v) is 8.41. The van der Waals surface area contributed by atoms with Gasteiger partial charge in [-0.1, -0.05) is 40.9 Å². The molecule has 0 bridgehead atoms. The van der Waals surface area contributed by atoms with Crippen molar-refractivity contribution in [3.8, 4) is 0 Å². The Kier molecular flexibility index (Phi) is 6.98. The van der Waals surface area contributed by atoms with Gasteiger partial charge in [-0.3, -0.25) is 0 Å². The summed E-state index contributed by atoms with van der Waals surface area (Å²) in [5.41, 5.74) is 0. The van der Waals surface area contributed by atoms with Crippen LogP contribution in [0.3, 0.4) is 0 Å². The zero-order valence-electron chi connectivity index (χ0n) is 8.81. The van der Waals surface area contributed by atoms with Crippen LogP contribution < -0.4 is 0 Å². The van der Waals surface area contributed by atoms with Crippen molar-refractivity contribution in [1.29, 1.82) is 0 Å². The normalized spacial score (nSPS) is 12.9. The Hall–Kier alpha value is 0.440. The first-order chi connectivity index (χ1) is 7.65. The van der Waals surface area contributed by atoms with Crippen LogP contribution in [-0.4, -0.2) is 0 Å². The van der Waals surface area contributed by atoms with E-state index in [4.69, 9.17) is 34.8 Å². The summed E-state index contributed by atoms with van der Waals surface area (Å²) >= 11 is 16.6. The van der Waals surface area contributed by atoms with Crippen molar-refractivity contribution in [2.24, 2.45) is 0 Å². The molecule has 0 aromatic heterocycles. The molecule has 0 heterocycles. The molecule has 2 rings (SSSR count). The van der Waals surface area contributed by atoms with E-state index in [1.807, 2.05) is 0 Å². The van der Waals surface area contributed by atoms with Crippen LogP contribution in [0.4, 0.5) is 0 Å². The van der Waals surface area contributed by atoms with Gasteiger partial charge >= 0.3 is 55.6 Å². The van der Waals surface area contributed by atoms with Crippen molar-refractivity contribution in [3.05, 3.63) is 54.8 Å². The van der Waals surface area contributed by atoms with Gasteiger partial charge in [-0.25, -0.2) is 0 Å². The topological polar surface area (TPSA) is 0 Å². The fraction of sp³-hybridized carbons (Fsp3) is 0.167. The molecule has 1 aliphatic carbocycles. The van der Waals surface area contributed by atoms with Gasteiger partial charge in [-0.15, -0.1) is 0 Å². The van der Waals surface area contributed by atoms with E-state index in [0.29, 0.717) is 15.1 Å².